The zero-order valence-corrected chi connectivity index (χ0v) is 11.8. The molecule has 1 N–H and O–H groups in total. The molecule has 1 aliphatic rings. The van der Waals surface area contributed by atoms with Crippen molar-refractivity contribution in [2.45, 2.75) is 39.2 Å². The fraction of sp³-hybridized carbons (Fsp3) is 0.400. The van der Waals surface area contributed by atoms with E-state index in [1.54, 1.807) is 32.0 Å². The molecular formula is C15H17NO4. The number of rotatable bonds is 4. The summed E-state index contributed by atoms with van der Waals surface area (Å²) in [6, 6.07) is 4.96. The lowest BCUT2D eigenvalue weighted by Crippen LogP contribution is -2.56. The molecule has 5 heteroatoms. The number of carboxylic acids is 1. The number of aliphatic carboxylic acids is 1. The molecule has 0 fully saturated rings. The van der Waals surface area contributed by atoms with Gasteiger partial charge in [0.05, 0.1) is 11.1 Å². The van der Waals surface area contributed by atoms with Crippen molar-refractivity contribution in [3.63, 3.8) is 0 Å². The number of hydrogen-bond acceptors (Lipinski definition) is 3. The van der Waals surface area contributed by atoms with Crippen LogP contribution in [0.3, 0.4) is 0 Å². The van der Waals surface area contributed by atoms with Crippen LogP contribution in [-0.2, 0) is 4.79 Å². The summed E-state index contributed by atoms with van der Waals surface area (Å²) < 4.78 is 0. The number of carboxylic acid groups (broad SMARTS) is 1. The molecule has 0 radical (unpaired) electrons. The van der Waals surface area contributed by atoms with Gasteiger partial charge < -0.3 is 5.11 Å². The van der Waals surface area contributed by atoms with E-state index < -0.39 is 23.3 Å². The molecule has 20 heavy (non-hydrogen) atoms. The third-order valence-corrected chi connectivity index (χ3v) is 4.04. The summed E-state index contributed by atoms with van der Waals surface area (Å²) >= 11 is 0. The van der Waals surface area contributed by atoms with Gasteiger partial charge in [0.15, 0.2) is 0 Å². The molecule has 1 heterocycles. The van der Waals surface area contributed by atoms with Crippen LogP contribution < -0.4 is 0 Å². The molecule has 106 valence electrons. The first kappa shape index (κ1) is 14.2. The number of hydrogen-bond donors (Lipinski definition) is 1. The number of carbonyl (C=O) groups is 3. The first-order chi connectivity index (χ1) is 9.39. The summed E-state index contributed by atoms with van der Waals surface area (Å²) in [7, 11) is 0. The van der Waals surface area contributed by atoms with Crippen LogP contribution in [0, 0.1) is 6.92 Å². The monoisotopic (exact) mass is 275 g/mol. The van der Waals surface area contributed by atoms with Crippen molar-refractivity contribution < 1.29 is 19.5 Å². The number of carbonyl (C=O) groups excluding carboxylic acids is 2. The Hall–Kier alpha value is -2.17. The molecule has 0 atom stereocenters. The van der Waals surface area contributed by atoms with E-state index in [0.29, 0.717) is 5.56 Å². The Morgan fingerprint density at radius 3 is 2.20 bits per heavy atom. The fourth-order valence-electron chi connectivity index (χ4n) is 2.71. The van der Waals surface area contributed by atoms with Gasteiger partial charge in [0.1, 0.15) is 5.54 Å². The van der Waals surface area contributed by atoms with Crippen molar-refractivity contribution in [3.8, 4) is 0 Å². The molecule has 0 bridgehead atoms. The van der Waals surface area contributed by atoms with Crippen LogP contribution >= 0.6 is 0 Å². The van der Waals surface area contributed by atoms with Gasteiger partial charge in [-0.1, -0.05) is 25.5 Å². The maximum Gasteiger partial charge on any atom is 0.330 e. The van der Waals surface area contributed by atoms with E-state index in [1.807, 2.05) is 6.92 Å². The fourth-order valence-corrected chi connectivity index (χ4v) is 2.71. The zero-order valence-electron chi connectivity index (χ0n) is 11.8. The maximum atomic E-state index is 12.5. The van der Waals surface area contributed by atoms with Gasteiger partial charge in [-0.15, -0.1) is 0 Å². The smallest absolute Gasteiger partial charge is 0.330 e. The van der Waals surface area contributed by atoms with E-state index in [0.717, 1.165) is 10.5 Å². The molecule has 2 rings (SSSR count). The van der Waals surface area contributed by atoms with Gasteiger partial charge in [-0.3, -0.25) is 14.5 Å². The Labute approximate surface area is 117 Å². The summed E-state index contributed by atoms with van der Waals surface area (Å²) in [5.41, 5.74) is -0.0301. The molecule has 1 aliphatic heterocycles. The second-order valence-electron chi connectivity index (χ2n) is 5.04. The molecule has 2 amide bonds. The second kappa shape index (κ2) is 4.74. The summed E-state index contributed by atoms with van der Waals surface area (Å²) in [4.78, 5) is 37.4. The molecule has 1 aromatic rings. The molecule has 0 aromatic heterocycles. The number of benzene rings is 1. The molecule has 0 saturated heterocycles. The SMILES string of the molecule is CCC(CC)(C(=O)O)N1C(=O)c2ccc(C)cc2C1=O. The van der Waals surface area contributed by atoms with Crippen LogP contribution in [0.1, 0.15) is 53.0 Å². The standard InChI is InChI=1S/C15H17NO4/c1-4-15(5-2,14(19)20)16-12(17)10-7-6-9(3)8-11(10)13(16)18/h6-8H,4-5H2,1-3H3,(H,19,20). The van der Waals surface area contributed by atoms with Crippen molar-refractivity contribution in [1.29, 1.82) is 0 Å². The Morgan fingerprint density at radius 2 is 1.70 bits per heavy atom. The molecule has 1 aromatic carbocycles. The quantitative estimate of drug-likeness (QED) is 0.855. The molecule has 0 aliphatic carbocycles. The van der Waals surface area contributed by atoms with Gasteiger partial charge in [-0.25, -0.2) is 4.79 Å². The molecular weight excluding hydrogens is 258 g/mol. The van der Waals surface area contributed by atoms with Crippen molar-refractivity contribution in [2.75, 3.05) is 0 Å². The van der Waals surface area contributed by atoms with Gasteiger partial charge in [-0.05, 0) is 31.9 Å². The predicted molar refractivity (Wildman–Crippen MR) is 72.6 cm³/mol. The molecule has 0 unspecified atom stereocenters. The van der Waals surface area contributed by atoms with Gasteiger partial charge >= 0.3 is 5.97 Å². The van der Waals surface area contributed by atoms with E-state index in [-0.39, 0.29) is 18.4 Å². The summed E-state index contributed by atoms with van der Waals surface area (Å²) in [5.74, 6) is -2.18. The number of aryl methyl sites for hydroxylation is 1. The summed E-state index contributed by atoms with van der Waals surface area (Å²) in [6.07, 6.45) is 0.368. The molecule has 5 nitrogen and oxygen atoms in total. The lowest BCUT2D eigenvalue weighted by Gasteiger charge is -2.35. The average Bonchev–Trinajstić information content (AvgIpc) is 2.65. The first-order valence-electron chi connectivity index (χ1n) is 6.62. The average molecular weight is 275 g/mol. The highest BCUT2D eigenvalue weighted by Crippen LogP contribution is 2.34. The zero-order chi connectivity index (χ0) is 15.1. The van der Waals surface area contributed by atoms with Crippen molar-refractivity contribution >= 4 is 17.8 Å². The topological polar surface area (TPSA) is 74.7 Å². The van der Waals surface area contributed by atoms with E-state index in [1.165, 1.54) is 0 Å². The van der Waals surface area contributed by atoms with Crippen LogP contribution in [0.5, 0.6) is 0 Å². The van der Waals surface area contributed by atoms with Crippen LogP contribution in [0.15, 0.2) is 18.2 Å². The van der Waals surface area contributed by atoms with Gasteiger partial charge in [0, 0.05) is 0 Å². The first-order valence-corrected chi connectivity index (χ1v) is 6.62. The van der Waals surface area contributed by atoms with Crippen molar-refractivity contribution in [1.82, 2.24) is 4.90 Å². The predicted octanol–water partition coefficient (Wildman–Crippen LogP) is 2.23. The Kier molecular flexibility index (Phi) is 3.38. The number of fused-ring (bicyclic) bond motifs is 1. The highest BCUT2D eigenvalue weighted by molar-refractivity contribution is 6.23. The minimum absolute atomic E-state index is 0.184. The van der Waals surface area contributed by atoms with E-state index in [2.05, 4.69) is 0 Å². The minimum Gasteiger partial charge on any atom is -0.479 e. The van der Waals surface area contributed by atoms with Crippen LogP contribution in [0.25, 0.3) is 0 Å². The lowest BCUT2D eigenvalue weighted by molar-refractivity contribution is -0.149. The highest BCUT2D eigenvalue weighted by Gasteiger charge is 2.51. The van der Waals surface area contributed by atoms with Gasteiger partial charge in [0.25, 0.3) is 11.8 Å². The number of nitrogens with zero attached hydrogens (tertiary/aromatic N) is 1. The molecule has 0 saturated carbocycles. The van der Waals surface area contributed by atoms with E-state index in [9.17, 15) is 19.5 Å². The molecule has 0 spiro atoms. The third-order valence-electron chi connectivity index (χ3n) is 4.04. The normalized spacial score (nSPS) is 14.7. The van der Waals surface area contributed by atoms with Crippen molar-refractivity contribution in [2.24, 2.45) is 0 Å². The van der Waals surface area contributed by atoms with Crippen LogP contribution in [0.4, 0.5) is 0 Å². The third kappa shape index (κ3) is 1.73. The number of imide groups is 1. The Morgan fingerprint density at radius 1 is 1.15 bits per heavy atom. The maximum absolute atomic E-state index is 12.5. The summed E-state index contributed by atoms with van der Waals surface area (Å²) in [6.45, 7) is 5.17. The van der Waals surface area contributed by atoms with Gasteiger partial charge in [-0.2, -0.15) is 0 Å². The lowest BCUT2D eigenvalue weighted by atomic mass is 9.90. The van der Waals surface area contributed by atoms with Crippen LogP contribution in [0.2, 0.25) is 0 Å². The van der Waals surface area contributed by atoms with Gasteiger partial charge in [0.2, 0.25) is 0 Å². The largest absolute Gasteiger partial charge is 0.479 e. The summed E-state index contributed by atoms with van der Waals surface area (Å²) in [5, 5.41) is 9.51. The van der Waals surface area contributed by atoms with Crippen molar-refractivity contribution in [3.05, 3.63) is 34.9 Å². The number of amides is 2. The van der Waals surface area contributed by atoms with E-state index >= 15 is 0 Å². The minimum atomic E-state index is -1.47. The Balaban J connectivity index is 2.59. The highest BCUT2D eigenvalue weighted by atomic mass is 16.4. The Bertz CT molecular complexity index is 602. The van der Waals surface area contributed by atoms with E-state index in [4.69, 9.17) is 0 Å². The van der Waals surface area contributed by atoms with Crippen LogP contribution in [-0.4, -0.2) is 33.3 Å². The second-order valence-corrected chi connectivity index (χ2v) is 5.04.